The summed E-state index contributed by atoms with van der Waals surface area (Å²) < 4.78 is 0.980. The summed E-state index contributed by atoms with van der Waals surface area (Å²) in [6.45, 7) is 2.69. The number of hydrogen-bond acceptors (Lipinski definition) is 2. The quantitative estimate of drug-likeness (QED) is 0.874. The van der Waals surface area contributed by atoms with Crippen LogP contribution < -0.4 is 10.2 Å². The fraction of sp³-hybridized carbons (Fsp3) is 0.556. The van der Waals surface area contributed by atoms with E-state index in [9.17, 15) is 9.59 Å². The Morgan fingerprint density at radius 1 is 1.22 bits per heavy atom. The third kappa shape index (κ3) is 3.77. The van der Waals surface area contributed by atoms with E-state index in [-0.39, 0.29) is 23.8 Å². The van der Waals surface area contributed by atoms with Gasteiger partial charge >= 0.3 is 0 Å². The van der Waals surface area contributed by atoms with E-state index in [0.717, 1.165) is 16.6 Å². The first-order chi connectivity index (χ1) is 11.0. The number of hydrogen-bond donors (Lipinski definition) is 1. The predicted octanol–water partition coefficient (Wildman–Crippen LogP) is 3.50. The Bertz CT molecular complexity index is 587. The van der Waals surface area contributed by atoms with Crippen LogP contribution in [0.15, 0.2) is 28.7 Å². The van der Waals surface area contributed by atoms with Crippen molar-refractivity contribution in [2.45, 2.75) is 45.1 Å². The minimum absolute atomic E-state index is 0.0316. The highest BCUT2D eigenvalue weighted by atomic mass is 79.9. The molecule has 0 radical (unpaired) electrons. The molecule has 0 unspecified atom stereocenters. The number of nitrogens with zero attached hydrogens (tertiary/aromatic N) is 1. The molecule has 1 aliphatic carbocycles. The molecule has 5 heteroatoms. The molecule has 2 amide bonds. The normalized spacial score (nSPS) is 28.0. The molecule has 0 aromatic heterocycles. The van der Waals surface area contributed by atoms with Gasteiger partial charge in [-0.25, -0.2) is 0 Å². The largest absolute Gasteiger partial charge is 0.353 e. The van der Waals surface area contributed by atoms with E-state index in [4.69, 9.17) is 0 Å². The summed E-state index contributed by atoms with van der Waals surface area (Å²) in [6, 6.07) is 7.92. The van der Waals surface area contributed by atoms with E-state index in [2.05, 4.69) is 28.2 Å². The van der Waals surface area contributed by atoms with Crippen LogP contribution in [-0.2, 0) is 9.59 Å². The van der Waals surface area contributed by atoms with Crippen molar-refractivity contribution in [3.63, 3.8) is 0 Å². The molecule has 1 aliphatic heterocycles. The van der Waals surface area contributed by atoms with E-state index in [1.807, 2.05) is 24.3 Å². The molecule has 0 bridgehead atoms. The van der Waals surface area contributed by atoms with Gasteiger partial charge in [-0.2, -0.15) is 0 Å². The molecule has 3 rings (SSSR count). The summed E-state index contributed by atoms with van der Waals surface area (Å²) in [6.07, 6.45) is 4.99. The number of halogens is 1. The lowest BCUT2D eigenvalue weighted by Gasteiger charge is -2.30. The Balaban J connectivity index is 1.62. The van der Waals surface area contributed by atoms with Gasteiger partial charge < -0.3 is 10.2 Å². The Morgan fingerprint density at radius 3 is 2.61 bits per heavy atom. The highest BCUT2D eigenvalue weighted by Gasteiger charge is 2.36. The van der Waals surface area contributed by atoms with E-state index < -0.39 is 0 Å². The first-order valence-electron chi connectivity index (χ1n) is 8.41. The second kappa shape index (κ2) is 7.04. The Morgan fingerprint density at radius 2 is 1.91 bits per heavy atom. The fourth-order valence-corrected chi connectivity index (χ4v) is 3.85. The summed E-state index contributed by atoms with van der Waals surface area (Å²) in [4.78, 5) is 26.5. The molecule has 0 spiro atoms. The number of amides is 2. The van der Waals surface area contributed by atoms with Crippen molar-refractivity contribution in [2.75, 3.05) is 11.4 Å². The number of rotatable bonds is 3. The zero-order chi connectivity index (χ0) is 16.4. The van der Waals surface area contributed by atoms with Crippen molar-refractivity contribution < 1.29 is 9.59 Å². The lowest BCUT2D eigenvalue weighted by molar-refractivity contribution is -0.127. The molecule has 23 heavy (non-hydrogen) atoms. The van der Waals surface area contributed by atoms with E-state index in [0.29, 0.717) is 18.9 Å². The standard InChI is InChI=1S/C18H23BrN2O2/c1-12-4-2-3-5-16(12)20-18(23)13-10-17(22)21(11-13)15-8-6-14(19)7-9-15/h6-9,12-13,16H,2-5,10-11H2,1H3,(H,20,23)/t12-,13-,16-/m1/s1. The summed E-state index contributed by atoms with van der Waals surface area (Å²) in [5.74, 6) is 0.369. The smallest absolute Gasteiger partial charge is 0.227 e. The van der Waals surface area contributed by atoms with Gasteiger partial charge in [-0.1, -0.05) is 35.7 Å². The van der Waals surface area contributed by atoms with Crippen molar-refractivity contribution in [3.05, 3.63) is 28.7 Å². The number of nitrogens with one attached hydrogen (secondary N) is 1. The van der Waals surface area contributed by atoms with Crippen LogP contribution in [0.5, 0.6) is 0 Å². The molecule has 3 atom stereocenters. The van der Waals surface area contributed by atoms with Gasteiger partial charge in [0.05, 0.1) is 5.92 Å². The molecule has 1 saturated heterocycles. The van der Waals surface area contributed by atoms with Crippen molar-refractivity contribution in [2.24, 2.45) is 11.8 Å². The molecule has 1 saturated carbocycles. The Labute approximate surface area is 145 Å². The monoisotopic (exact) mass is 378 g/mol. The summed E-state index contributed by atoms with van der Waals surface area (Å²) >= 11 is 3.40. The van der Waals surface area contributed by atoms with Crippen LogP contribution in [0.3, 0.4) is 0 Å². The summed E-state index contributed by atoms with van der Waals surface area (Å²) in [5.41, 5.74) is 0.861. The average Bonchev–Trinajstić information content (AvgIpc) is 2.92. The molecule has 1 aromatic rings. The number of carbonyl (C=O) groups is 2. The van der Waals surface area contributed by atoms with Gasteiger partial charge in [-0.15, -0.1) is 0 Å². The van der Waals surface area contributed by atoms with Crippen LogP contribution in [0.1, 0.15) is 39.0 Å². The summed E-state index contributed by atoms with van der Waals surface area (Å²) in [7, 11) is 0. The average molecular weight is 379 g/mol. The molecule has 2 aliphatic rings. The molecule has 1 heterocycles. The molecule has 124 valence electrons. The third-order valence-corrected chi connectivity index (χ3v) is 5.60. The first kappa shape index (κ1) is 16.5. The molecule has 4 nitrogen and oxygen atoms in total. The Kier molecular flexibility index (Phi) is 5.05. The number of anilines is 1. The second-order valence-electron chi connectivity index (χ2n) is 6.76. The van der Waals surface area contributed by atoms with Gasteiger partial charge in [0.1, 0.15) is 0 Å². The lowest BCUT2D eigenvalue weighted by Crippen LogP contribution is -2.44. The maximum atomic E-state index is 12.5. The van der Waals surface area contributed by atoms with Crippen LogP contribution in [0.2, 0.25) is 0 Å². The third-order valence-electron chi connectivity index (χ3n) is 5.07. The second-order valence-corrected chi connectivity index (χ2v) is 7.67. The maximum Gasteiger partial charge on any atom is 0.227 e. The first-order valence-corrected chi connectivity index (χ1v) is 9.20. The maximum absolute atomic E-state index is 12.5. The van der Waals surface area contributed by atoms with Crippen LogP contribution in [-0.4, -0.2) is 24.4 Å². The zero-order valence-electron chi connectivity index (χ0n) is 13.4. The van der Waals surface area contributed by atoms with Gasteiger partial charge in [-0.05, 0) is 43.0 Å². The van der Waals surface area contributed by atoms with Crippen LogP contribution in [0.4, 0.5) is 5.69 Å². The van der Waals surface area contributed by atoms with E-state index in [1.54, 1.807) is 4.90 Å². The molecular formula is C18H23BrN2O2. The predicted molar refractivity (Wildman–Crippen MR) is 94.2 cm³/mol. The van der Waals surface area contributed by atoms with Crippen molar-refractivity contribution in [1.82, 2.24) is 5.32 Å². The van der Waals surface area contributed by atoms with E-state index in [1.165, 1.54) is 19.3 Å². The lowest BCUT2D eigenvalue weighted by atomic mass is 9.85. The molecule has 1 aromatic carbocycles. The number of carbonyl (C=O) groups excluding carboxylic acids is 2. The van der Waals surface area contributed by atoms with Crippen LogP contribution in [0.25, 0.3) is 0 Å². The van der Waals surface area contributed by atoms with Crippen LogP contribution >= 0.6 is 15.9 Å². The van der Waals surface area contributed by atoms with Crippen LogP contribution in [0, 0.1) is 11.8 Å². The van der Waals surface area contributed by atoms with Gasteiger partial charge in [0.25, 0.3) is 0 Å². The topological polar surface area (TPSA) is 49.4 Å². The van der Waals surface area contributed by atoms with Crippen molar-refractivity contribution >= 4 is 33.4 Å². The molecule has 2 fully saturated rings. The highest BCUT2D eigenvalue weighted by Crippen LogP contribution is 2.28. The van der Waals surface area contributed by atoms with Gasteiger partial charge in [0.15, 0.2) is 0 Å². The summed E-state index contributed by atoms with van der Waals surface area (Å²) in [5, 5.41) is 3.19. The van der Waals surface area contributed by atoms with Gasteiger partial charge in [0, 0.05) is 29.2 Å². The fourth-order valence-electron chi connectivity index (χ4n) is 3.59. The van der Waals surface area contributed by atoms with Crippen molar-refractivity contribution in [1.29, 1.82) is 0 Å². The zero-order valence-corrected chi connectivity index (χ0v) is 15.0. The minimum Gasteiger partial charge on any atom is -0.353 e. The molecule has 1 N–H and O–H groups in total. The highest BCUT2D eigenvalue weighted by molar-refractivity contribution is 9.10. The molecular weight excluding hydrogens is 356 g/mol. The minimum atomic E-state index is -0.236. The van der Waals surface area contributed by atoms with Crippen molar-refractivity contribution in [3.8, 4) is 0 Å². The number of benzene rings is 1. The SMILES string of the molecule is C[C@@H]1CCCC[C@H]1NC(=O)[C@@H]1CC(=O)N(c2ccc(Br)cc2)C1. The van der Waals surface area contributed by atoms with E-state index >= 15 is 0 Å². The van der Waals surface area contributed by atoms with Gasteiger partial charge in [-0.3, -0.25) is 9.59 Å². The Hall–Kier alpha value is -1.36. The van der Waals surface area contributed by atoms with Gasteiger partial charge in [0.2, 0.25) is 11.8 Å².